The number of hydrogen-bond donors (Lipinski definition) is 1. The monoisotopic (exact) mass is 195 g/mol. The number of hydrogen-bond acceptors (Lipinski definition) is 1. The van der Waals surface area contributed by atoms with E-state index in [9.17, 15) is 0 Å². The Morgan fingerprint density at radius 2 is 1.93 bits per heavy atom. The van der Waals surface area contributed by atoms with Crippen LogP contribution in [-0.4, -0.2) is 5.71 Å². The SMILES string of the molecule is CC(=N)C1CC(C)(C)CC1CC(C)C. The van der Waals surface area contributed by atoms with Gasteiger partial charge in [-0.25, -0.2) is 0 Å². The third kappa shape index (κ3) is 2.83. The Morgan fingerprint density at radius 1 is 1.36 bits per heavy atom. The van der Waals surface area contributed by atoms with Gasteiger partial charge in [-0.15, -0.1) is 0 Å². The Labute approximate surface area is 88.8 Å². The van der Waals surface area contributed by atoms with Gasteiger partial charge in [-0.2, -0.15) is 0 Å². The summed E-state index contributed by atoms with van der Waals surface area (Å²) in [6.07, 6.45) is 3.83. The van der Waals surface area contributed by atoms with Crippen LogP contribution in [0.1, 0.15) is 53.9 Å². The topological polar surface area (TPSA) is 23.9 Å². The molecule has 1 aliphatic rings. The smallest absolute Gasteiger partial charge is 0.00920 e. The highest BCUT2D eigenvalue weighted by molar-refractivity contribution is 5.81. The molecule has 0 aliphatic heterocycles. The molecule has 1 nitrogen and oxygen atoms in total. The molecule has 0 aromatic carbocycles. The normalized spacial score (nSPS) is 31.0. The van der Waals surface area contributed by atoms with Crippen LogP contribution < -0.4 is 0 Å². The van der Waals surface area contributed by atoms with Gasteiger partial charge in [-0.05, 0) is 49.4 Å². The molecule has 2 unspecified atom stereocenters. The zero-order valence-corrected chi connectivity index (χ0v) is 10.4. The lowest BCUT2D eigenvalue weighted by Gasteiger charge is -2.20. The Hall–Kier alpha value is -0.330. The fourth-order valence-corrected chi connectivity index (χ4v) is 3.06. The van der Waals surface area contributed by atoms with Crippen LogP contribution in [0.3, 0.4) is 0 Å². The summed E-state index contributed by atoms with van der Waals surface area (Å²) in [5.41, 5.74) is 1.37. The molecule has 0 radical (unpaired) electrons. The van der Waals surface area contributed by atoms with Crippen LogP contribution in [0.15, 0.2) is 0 Å². The summed E-state index contributed by atoms with van der Waals surface area (Å²) in [5.74, 6) is 2.10. The predicted octanol–water partition coefficient (Wildman–Crippen LogP) is 4.12. The molecule has 0 saturated heterocycles. The van der Waals surface area contributed by atoms with E-state index in [0.717, 1.165) is 17.5 Å². The summed E-state index contributed by atoms with van der Waals surface area (Å²) < 4.78 is 0. The molecule has 1 N–H and O–H groups in total. The molecule has 0 heterocycles. The van der Waals surface area contributed by atoms with Gasteiger partial charge < -0.3 is 5.41 Å². The van der Waals surface area contributed by atoms with E-state index >= 15 is 0 Å². The summed E-state index contributed by atoms with van der Waals surface area (Å²) >= 11 is 0. The minimum absolute atomic E-state index is 0.465. The third-order valence-electron chi connectivity index (χ3n) is 3.49. The minimum atomic E-state index is 0.465. The Morgan fingerprint density at radius 3 is 2.36 bits per heavy atom. The van der Waals surface area contributed by atoms with Gasteiger partial charge in [0.25, 0.3) is 0 Å². The van der Waals surface area contributed by atoms with Gasteiger partial charge in [-0.1, -0.05) is 27.7 Å². The molecule has 0 aromatic rings. The molecule has 2 atom stereocenters. The maximum Gasteiger partial charge on any atom is 0.00920 e. The third-order valence-corrected chi connectivity index (χ3v) is 3.49. The highest BCUT2D eigenvalue weighted by Gasteiger charge is 2.39. The first kappa shape index (κ1) is 11.7. The molecule has 82 valence electrons. The van der Waals surface area contributed by atoms with E-state index in [-0.39, 0.29) is 0 Å². The molecule has 14 heavy (non-hydrogen) atoms. The van der Waals surface area contributed by atoms with Crippen LogP contribution in [0.4, 0.5) is 0 Å². The summed E-state index contributed by atoms with van der Waals surface area (Å²) in [5, 5.41) is 7.84. The zero-order chi connectivity index (χ0) is 10.9. The quantitative estimate of drug-likeness (QED) is 0.655. The summed E-state index contributed by atoms with van der Waals surface area (Å²) in [6, 6.07) is 0. The van der Waals surface area contributed by atoms with Crippen molar-refractivity contribution < 1.29 is 0 Å². The first-order valence-electron chi connectivity index (χ1n) is 5.87. The van der Waals surface area contributed by atoms with Crippen molar-refractivity contribution in [2.75, 3.05) is 0 Å². The van der Waals surface area contributed by atoms with Crippen LogP contribution in [0.5, 0.6) is 0 Å². The highest BCUT2D eigenvalue weighted by atomic mass is 14.5. The molecular weight excluding hydrogens is 170 g/mol. The van der Waals surface area contributed by atoms with E-state index in [0.29, 0.717) is 11.3 Å². The minimum Gasteiger partial charge on any atom is -0.310 e. The van der Waals surface area contributed by atoms with Crippen molar-refractivity contribution in [2.45, 2.75) is 53.9 Å². The molecular formula is C13H25N. The summed E-state index contributed by atoms with van der Waals surface area (Å²) in [7, 11) is 0. The van der Waals surface area contributed by atoms with E-state index in [1.807, 2.05) is 6.92 Å². The second-order valence-corrected chi connectivity index (χ2v) is 6.25. The Balaban J connectivity index is 2.67. The maximum absolute atomic E-state index is 7.84. The standard InChI is InChI=1S/C13H25N/c1-9(2)6-11-7-13(4,5)8-12(11)10(3)14/h9,11-12,14H,6-8H2,1-5H3. The lowest BCUT2D eigenvalue weighted by atomic mass is 9.85. The molecule has 1 saturated carbocycles. The fraction of sp³-hybridized carbons (Fsp3) is 0.923. The van der Waals surface area contributed by atoms with Crippen molar-refractivity contribution in [2.24, 2.45) is 23.2 Å². The van der Waals surface area contributed by atoms with Crippen molar-refractivity contribution in [1.29, 1.82) is 5.41 Å². The number of nitrogens with one attached hydrogen (secondary N) is 1. The van der Waals surface area contributed by atoms with Crippen LogP contribution in [0, 0.1) is 28.6 Å². The second-order valence-electron chi connectivity index (χ2n) is 6.25. The largest absolute Gasteiger partial charge is 0.310 e. The molecule has 0 spiro atoms. The molecule has 0 aromatic heterocycles. The van der Waals surface area contributed by atoms with Gasteiger partial charge in [0.05, 0.1) is 0 Å². The first-order chi connectivity index (χ1) is 6.32. The average molecular weight is 195 g/mol. The van der Waals surface area contributed by atoms with Gasteiger partial charge >= 0.3 is 0 Å². The van der Waals surface area contributed by atoms with Crippen molar-refractivity contribution >= 4 is 5.71 Å². The van der Waals surface area contributed by atoms with Crippen molar-refractivity contribution in [1.82, 2.24) is 0 Å². The van der Waals surface area contributed by atoms with E-state index in [2.05, 4.69) is 27.7 Å². The van der Waals surface area contributed by atoms with Crippen molar-refractivity contribution in [3.63, 3.8) is 0 Å². The van der Waals surface area contributed by atoms with Gasteiger partial charge in [-0.3, -0.25) is 0 Å². The van der Waals surface area contributed by atoms with Gasteiger partial charge in [0.15, 0.2) is 0 Å². The molecule has 1 aliphatic carbocycles. The molecule has 0 bridgehead atoms. The van der Waals surface area contributed by atoms with Gasteiger partial charge in [0.2, 0.25) is 0 Å². The average Bonchev–Trinajstić information content (AvgIpc) is 2.24. The van der Waals surface area contributed by atoms with Crippen LogP contribution in [-0.2, 0) is 0 Å². The maximum atomic E-state index is 7.84. The lowest BCUT2D eigenvalue weighted by molar-refractivity contribution is 0.335. The molecule has 1 heteroatoms. The summed E-state index contributed by atoms with van der Waals surface area (Å²) in [6.45, 7) is 11.3. The molecule has 1 rings (SSSR count). The fourth-order valence-electron chi connectivity index (χ4n) is 3.06. The van der Waals surface area contributed by atoms with Crippen molar-refractivity contribution in [3.8, 4) is 0 Å². The predicted molar refractivity (Wildman–Crippen MR) is 62.9 cm³/mol. The Kier molecular flexibility index (Phi) is 3.39. The van der Waals surface area contributed by atoms with E-state index < -0.39 is 0 Å². The van der Waals surface area contributed by atoms with E-state index in [1.54, 1.807) is 0 Å². The first-order valence-corrected chi connectivity index (χ1v) is 5.87. The summed E-state index contributed by atoms with van der Waals surface area (Å²) in [4.78, 5) is 0. The lowest BCUT2D eigenvalue weighted by Crippen LogP contribution is -2.17. The van der Waals surface area contributed by atoms with Gasteiger partial charge in [0.1, 0.15) is 0 Å². The van der Waals surface area contributed by atoms with E-state index in [4.69, 9.17) is 5.41 Å². The van der Waals surface area contributed by atoms with Crippen LogP contribution >= 0.6 is 0 Å². The Bertz CT molecular complexity index is 215. The van der Waals surface area contributed by atoms with E-state index in [1.165, 1.54) is 19.3 Å². The second kappa shape index (κ2) is 4.04. The molecule has 0 amide bonds. The molecule has 1 fully saturated rings. The zero-order valence-electron chi connectivity index (χ0n) is 10.4. The van der Waals surface area contributed by atoms with Gasteiger partial charge in [0, 0.05) is 5.71 Å². The number of rotatable bonds is 3. The van der Waals surface area contributed by atoms with Crippen molar-refractivity contribution in [3.05, 3.63) is 0 Å². The highest BCUT2D eigenvalue weighted by Crippen LogP contribution is 2.47. The van der Waals surface area contributed by atoms with Crippen LogP contribution in [0.2, 0.25) is 0 Å². The van der Waals surface area contributed by atoms with Crippen LogP contribution in [0.25, 0.3) is 0 Å².